The van der Waals surface area contributed by atoms with Crippen LogP contribution in [0, 0.1) is 5.41 Å². The molecule has 9 heteroatoms. The minimum Gasteiger partial charge on any atom is -0.481 e. The van der Waals surface area contributed by atoms with E-state index >= 15 is 0 Å². The zero-order valence-corrected chi connectivity index (χ0v) is 20.1. The molecule has 1 aliphatic carbocycles. The second-order valence-electron chi connectivity index (χ2n) is 9.43. The highest BCUT2D eigenvalue weighted by molar-refractivity contribution is 5.83. The van der Waals surface area contributed by atoms with Gasteiger partial charge >= 0.3 is 5.97 Å². The lowest BCUT2D eigenvalue weighted by molar-refractivity contribution is -0.151. The number of pyridine rings is 1. The average Bonchev–Trinajstić information content (AvgIpc) is 3.61. The number of carboxylic acids is 1. The van der Waals surface area contributed by atoms with E-state index in [1.807, 2.05) is 61.5 Å². The molecule has 9 nitrogen and oxygen atoms in total. The Morgan fingerprint density at radius 1 is 1.03 bits per heavy atom. The first-order valence-corrected chi connectivity index (χ1v) is 12.2. The molecule has 0 unspecified atom stereocenters. The summed E-state index contributed by atoms with van der Waals surface area (Å²) in [6, 6.07) is 17.8. The number of amides is 1. The molecule has 1 saturated carbocycles. The molecular weight excluding hydrogens is 456 g/mol. The normalized spacial score (nSPS) is 14.7. The molecule has 1 amide bonds. The summed E-state index contributed by atoms with van der Waals surface area (Å²) in [5, 5.41) is 24.9. The lowest BCUT2D eigenvalue weighted by atomic mass is 9.85. The molecule has 1 aliphatic rings. The number of hydrogen-bond donors (Lipinski definition) is 2. The molecule has 0 radical (unpaired) electrons. The smallest absolute Gasteiger partial charge is 0.311 e. The average molecular weight is 485 g/mol. The Kier molecular flexibility index (Phi) is 6.45. The number of nitrogens with zero attached hydrogens (tertiary/aromatic N) is 5. The number of aromatic amines is 1. The third kappa shape index (κ3) is 4.68. The number of nitrogens with one attached hydrogen (secondary N) is 1. The maximum absolute atomic E-state index is 12.7. The van der Waals surface area contributed by atoms with Gasteiger partial charge < -0.3 is 10.0 Å². The molecule has 0 bridgehead atoms. The van der Waals surface area contributed by atoms with Crippen LogP contribution in [0.4, 0.5) is 0 Å². The van der Waals surface area contributed by atoms with Gasteiger partial charge in [0, 0.05) is 36.0 Å². The molecule has 2 heterocycles. The number of hydrogen-bond acceptors (Lipinski definition) is 6. The Morgan fingerprint density at radius 3 is 2.44 bits per heavy atom. The van der Waals surface area contributed by atoms with Crippen LogP contribution < -0.4 is 0 Å². The van der Waals surface area contributed by atoms with Gasteiger partial charge in [-0.2, -0.15) is 5.21 Å². The second-order valence-corrected chi connectivity index (χ2v) is 9.43. The number of carbonyl (C=O) groups is 2. The van der Waals surface area contributed by atoms with Crippen molar-refractivity contribution in [2.75, 3.05) is 6.54 Å². The van der Waals surface area contributed by atoms with Gasteiger partial charge in [-0.1, -0.05) is 56.2 Å². The van der Waals surface area contributed by atoms with E-state index in [-0.39, 0.29) is 12.5 Å². The number of carbonyl (C=O) groups excluding carboxylic acids is 1. The highest BCUT2D eigenvalue weighted by atomic mass is 16.4. The number of fused-ring (bicyclic) bond motifs is 1. The topological polar surface area (TPSA) is 125 Å². The standard InChI is InChI=1S/C27H28N6O3/c1-2-24(34)33(17-27(26(35)36)13-3-4-14-27)16-18-5-11-23-21(15-18)10-12-22(28-23)19-6-8-20(9-7-19)25-29-31-32-30-25/h5-12,15H,2-4,13-14,16-17H2,1H3,(H,35,36)(H,29,30,31,32). The van der Waals surface area contributed by atoms with Crippen LogP contribution >= 0.6 is 0 Å². The van der Waals surface area contributed by atoms with Gasteiger partial charge in [-0.3, -0.25) is 9.59 Å². The Hall–Kier alpha value is -4.14. The quantitative estimate of drug-likeness (QED) is 0.378. The molecule has 36 heavy (non-hydrogen) atoms. The van der Waals surface area contributed by atoms with Gasteiger partial charge in [0.05, 0.1) is 16.6 Å². The molecule has 2 aromatic carbocycles. The van der Waals surface area contributed by atoms with Crippen molar-refractivity contribution in [3.8, 4) is 22.6 Å². The fraction of sp³-hybridized carbons (Fsp3) is 0.333. The van der Waals surface area contributed by atoms with E-state index in [1.54, 1.807) is 4.90 Å². The highest BCUT2D eigenvalue weighted by Gasteiger charge is 2.43. The molecule has 5 rings (SSSR count). The van der Waals surface area contributed by atoms with Gasteiger partial charge in [0.15, 0.2) is 0 Å². The van der Waals surface area contributed by atoms with Gasteiger partial charge in [0.1, 0.15) is 0 Å². The van der Waals surface area contributed by atoms with Crippen LogP contribution in [0.1, 0.15) is 44.6 Å². The van der Waals surface area contributed by atoms with Gasteiger partial charge in [-0.15, -0.1) is 10.2 Å². The summed E-state index contributed by atoms with van der Waals surface area (Å²) in [4.78, 5) is 31.3. The van der Waals surface area contributed by atoms with Gasteiger partial charge in [0.25, 0.3) is 0 Å². The number of tetrazole rings is 1. The monoisotopic (exact) mass is 484 g/mol. The minimum atomic E-state index is -0.836. The largest absolute Gasteiger partial charge is 0.481 e. The van der Waals surface area contributed by atoms with Crippen LogP contribution in [0.3, 0.4) is 0 Å². The van der Waals surface area contributed by atoms with Crippen molar-refractivity contribution in [1.29, 1.82) is 0 Å². The van der Waals surface area contributed by atoms with Crippen molar-refractivity contribution in [3.05, 3.63) is 60.2 Å². The predicted octanol–water partition coefficient (Wildman–Crippen LogP) is 4.47. The van der Waals surface area contributed by atoms with E-state index in [1.165, 1.54) is 0 Å². The Labute approximate surface area is 208 Å². The fourth-order valence-electron chi connectivity index (χ4n) is 5.04. The summed E-state index contributed by atoms with van der Waals surface area (Å²) >= 11 is 0. The second kappa shape index (κ2) is 9.85. The van der Waals surface area contributed by atoms with E-state index in [2.05, 4.69) is 20.6 Å². The van der Waals surface area contributed by atoms with E-state index in [0.29, 0.717) is 31.6 Å². The molecule has 0 saturated heterocycles. The molecule has 4 aromatic rings. The van der Waals surface area contributed by atoms with Crippen LogP contribution in [-0.2, 0) is 16.1 Å². The fourth-order valence-corrected chi connectivity index (χ4v) is 5.04. The summed E-state index contributed by atoms with van der Waals surface area (Å²) in [7, 11) is 0. The number of rotatable bonds is 8. The molecule has 0 atom stereocenters. The highest BCUT2D eigenvalue weighted by Crippen LogP contribution is 2.39. The first-order valence-electron chi connectivity index (χ1n) is 12.2. The molecule has 2 N–H and O–H groups in total. The van der Waals surface area contributed by atoms with Crippen LogP contribution in [0.15, 0.2) is 54.6 Å². The van der Waals surface area contributed by atoms with E-state index in [9.17, 15) is 14.7 Å². The zero-order chi connectivity index (χ0) is 25.1. The van der Waals surface area contributed by atoms with Crippen LogP contribution in [0.25, 0.3) is 33.5 Å². The first-order chi connectivity index (χ1) is 17.5. The zero-order valence-electron chi connectivity index (χ0n) is 20.1. The predicted molar refractivity (Wildman–Crippen MR) is 135 cm³/mol. The maximum Gasteiger partial charge on any atom is 0.311 e. The summed E-state index contributed by atoms with van der Waals surface area (Å²) in [6.07, 6.45) is 3.38. The molecule has 1 fully saturated rings. The number of aromatic nitrogens is 5. The van der Waals surface area contributed by atoms with Gasteiger partial charge in [0.2, 0.25) is 11.7 Å². The van der Waals surface area contributed by atoms with Crippen molar-refractivity contribution in [2.24, 2.45) is 5.41 Å². The van der Waals surface area contributed by atoms with Gasteiger partial charge in [-0.05, 0) is 41.8 Å². The third-order valence-electron chi connectivity index (χ3n) is 7.07. The molecule has 0 spiro atoms. The number of H-pyrrole nitrogens is 1. The molecule has 184 valence electrons. The summed E-state index contributed by atoms with van der Waals surface area (Å²) in [5.74, 6) is -0.284. The van der Waals surface area contributed by atoms with Crippen LogP contribution in [0.2, 0.25) is 0 Å². The van der Waals surface area contributed by atoms with Gasteiger partial charge in [-0.25, -0.2) is 4.98 Å². The van der Waals surface area contributed by atoms with Crippen LogP contribution in [-0.4, -0.2) is 54.0 Å². The van der Waals surface area contributed by atoms with Crippen molar-refractivity contribution < 1.29 is 14.7 Å². The van der Waals surface area contributed by atoms with E-state index in [0.717, 1.165) is 46.1 Å². The number of aliphatic carboxylic acids is 1. The van der Waals surface area contributed by atoms with Crippen molar-refractivity contribution in [2.45, 2.75) is 45.6 Å². The third-order valence-corrected chi connectivity index (χ3v) is 7.07. The first kappa shape index (κ1) is 23.6. The molecular formula is C27H28N6O3. The Morgan fingerprint density at radius 2 is 1.78 bits per heavy atom. The van der Waals surface area contributed by atoms with Crippen molar-refractivity contribution in [1.82, 2.24) is 30.5 Å². The number of benzene rings is 2. The van der Waals surface area contributed by atoms with E-state index in [4.69, 9.17) is 4.98 Å². The Bertz CT molecular complexity index is 1380. The molecule has 2 aromatic heterocycles. The lowest BCUT2D eigenvalue weighted by Crippen LogP contribution is -2.43. The summed E-state index contributed by atoms with van der Waals surface area (Å²) in [5.41, 5.74) is 3.67. The summed E-state index contributed by atoms with van der Waals surface area (Å²) < 4.78 is 0. The number of carboxylic acid groups (broad SMARTS) is 1. The van der Waals surface area contributed by atoms with E-state index < -0.39 is 11.4 Å². The summed E-state index contributed by atoms with van der Waals surface area (Å²) in [6.45, 7) is 2.46. The van der Waals surface area contributed by atoms with Crippen molar-refractivity contribution >= 4 is 22.8 Å². The lowest BCUT2D eigenvalue weighted by Gasteiger charge is -2.32. The SMILES string of the molecule is CCC(=O)N(Cc1ccc2nc(-c3ccc(-c4nn[nH]n4)cc3)ccc2c1)CC1(C(=O)O)CCCC1. The maximum atomic E-state index is 12.7. The Balaban J connectivity index is 1.36. The van der Waals surface area contributed by atoms with Crippen LogP contribution in [0.5, 0.6) is 0 Å². The molecule has 0 aliphatic heterocycles. The van der Waals surface area contributed by atoms with Crippen molar-refractivity contribution in [3.63, 3.8) is 0 Å². The minimum absolute atomic E-state index is 0.0274.